The number of hydrogen-bond acceptors (Lipinski definition) is 6. The number of hydrogen-bond donors (Lipinski definition) is 2. The van der Waals surface area contributed by atoms with Crippen LogP contribution in [-0.2, 0) is 13.2 Å². The van der Waals surface area contributed by atoms with E-state index in [0.29, 0.717) is 27.5 Å². The van der Waals surface area contributed by atoms with Crippen molar-refractivity contribution in [2.45, 2.75) is 18.6 Å². The number of thiophene rings is 1. The number of fused-ring (bicyclic) bond motifs is 3. The zero-order valence-corrected chi connectivity index (χ0v) is 19.3. The molecule has 4 heterocycles. The third-order valence-electron chi connectivity index (χ3n) is 5.42. The van der Waals surface area contributed by atoms with Crippen LogP contribution < -0.4 is 5.32 Å². The van der Waals surface area contributed by atoms with Crippen molar-refractivity contribution >= 4 is 49.8 Å². The predicted molar refractivity (Wildman–Crippen MR) is 124 cm³/mol. The van der Waals surface area contributed by atoms with Gasteiger partial charge in [0.05, 0.1) is 22.0 Å². The molecule has 0 aliphatic rings. The Morgan fingerprint density at radius 2 is 2.00 bits per heavy atom. The molecule has 0 fully saturated rings. The lowest BCUT2D eigenvalue weighted by molar-refractivity contribution is -0.137. The molecule has 176 valence electrons. The molecule has 1 amide bonds. The Labute approximate surface area is 199 Å². The van der Waals surface area contributed by atoms with E-state index in [0.717, 1.165) is 27.8 Å². The summed E-state index contributed by atoms with van der Waals surface area (Å²) in [7, 11) is 1.76. The standard InChI is InChI=1S/C22H18F3N5O2S2/c1-29-10-15-14-8-17(20(32)27-16(6-7-31)18-9-26-11-33-18)34-21(14)30(19(15)28-29)13-4-2-12(3-5-13)22(23,24)25/h2-5,8-11,16,31H,6-7H2,1H3,(H,27,32)/t16-/m1/s1. The number of carbonyl (C=O) groups is 1. The Morgan fingerprint density at radius 1 is 1.24 bits per heavy atom. The molecule has 4 aromatic heterocycles. The van der Waals surface area contributed by atoms with Crippen LogP contribution in [0.5, 0.6) is 0 Å². The number of alkyl halides is 3. The Balaban J connectivity index is 1.56. The van der Waals surface area contributed by atoms with Crippen molar-refractivity contribution in [3.05, 3.63) is 63.6 Å². The number of halogens is 3. The van der Waals surface area contributed by atoms with Gasteiger partial charge >= 0.3 is 6.18 Å². The van der Waals surface area contributed by atoms with E-state index >= 15 is 0 Å². The van der Waals surface area contributed by atoms with Crippen LogP contribution in [0.4, 0.5) is 13.2 Å². The number of rotatable bonds is 6. The van der Waals surface area contributed by atoms with Crippen LogP contribution in [0.3, 0.4) is 0 Å². The van der Waals surface area contributed by atoms with Crippen LogP contribution in [0.15, 0.2) is 48.2 Å². The number of aryl methyl sites for hydroxylation is 1. The van der Waals surface area contributed by atoms with Crippen molar-refractivity contribution in [2.75, 3.05) is 6.61 Å². The summed E-state index contributed by atoms with van der Waals surface area (Å²) < 4.78 is 42.5. The molecule has 2 N–H and O–H groups in total. The Morgan fingerprint density at radius 3 is 2.65 bits per heavy atom. The van der Waals surface area contributed by atoms with Crippen molar-refractivity contribution in [2.24, 2.45) is 7.05 Å². The van der Waals surface area contributed by atoms with Crippen LogP contribution in [0.2, 0.25) is 0 Å². The fourth-order valence-electron chi connectivity index (χ4n) is 3.86. The first-order chi connectivity index (χ1) is 16.3. The van der Waals surface area contributed by atoms with Crippen molar-refractivity contribution < 1.29 is 23.1 Å². The molecule has 12 heteroatoms. The van der Waals surface area contributed by atoms with Gasteiger partial charge in [-0.3, -0.25) is 19.0 Å². The maximum absolute atomic E-state index is 13.1. The molecule has 0 aliphatic carbocycles. The number of aliphatic hydroxyl groups is 1. The SMILES string of the molecule is Cn1cc2c3cc(C(=O)N[C@H](CCO)c4cncs4)sc3n(-c3ccc(C(F)(F)F)cc3)c2n1. The maximum Gasteiger partial charge on any atom is 0.416 e. The Bertz CT molecular complexity index is 1470. The molecule has 7 nitrogen and oxygen atoms in total. The van der Waals surface area contributed by atoms with Gasteiger partial charge in [0, 0.05) is 47.4 Å². The lowest BCUT2D eigenvalue weighted by Gasteiger charge is -2.15. The molecule has 5 aromatic rings. The molecule has 5 rings (SSSR count). The highest BCUT2D eigenvalue weighted by Crippen LogP contribution is 2.38. The van der Waals surface area contributed by atoms with Gasteiger partial charge in [-0.25, -0.2) is 0 Å². The summed E-state index contributed by atoms with van der Waals surface area (Å²) in [5, 5.41) is 18.4. The van der Waals surface area contributed by atoms with E-state index in [1.807, 2.05) is 6.20 Å². The van der Waals surface area contributed by atoms with Gasteiger partial charge in [-0.05, 0) is 36.8 Å². The second kappa shape index (κ2) is 8.53. The van der Waals surface area contributed by atoms with Gasteiger partial charge < -0.3 is 10.4 Å². The Hall–Kier alpha value is -3.22. The lowest BCUT2D eigenvalue weighted by atomic mass is 10.2. The summed E-state index contributed by atoms with van der Waals surface area (Å²) >= 11 is 2.63. The monoisotopic (exact) mass is 505 g/mol. The van der Waals surface area contributed by atoms with E-state index in [1.165, 1.54) is 34.8 Å². The highest BCUT2D eigenvalue weighted by atomic mass is 32.1. The van der Waals surface area contributed by atoms with Crippen LogP contribution in [0, 0.1) is 0 Å². The second-order valence-electron chi connectivity index (χ2n) is 7.69. The summed E-state index contributed by atoms with van der Waals surface area (Å²) in [4.78, 5) is 19.1. The zero-order valence-electron chi connectivity index (χ0n) is 17.7. The third kappa shape index (κ3) is 3.97. The summed E-state index contributed by atoms with van der Waals surface area (Å²) in [6.07, 6.45) is -0.599. The van der Waals surface area contributed by atoms with Crippen LogP contribution >= 0.6 is 22.7 Å². The molecular weight excluding hydrogens is 487 g/mol. The normalized spacial score (nSPS) is 13.1. The lowest BCUT2D eigenvalue weighted by Crippen LogP contribution is -2.28. The minimum Gasteiger partial charge on any atom is -0.396 e. The number of aliphatic hydroxyl groups excluding tert-OH is 1. The number of nitrogens with one attached hydrogen (secondary N) is 1. The van der Waals surface area contributed by atoms with Gasteiger partial charge in [0.2, 0.25) is 0 Å². The molecule has 34 heavy (non-hydrogen) atoms. The van der Waals surface area contributed by atoms with E-state index in [1.54, 1.807) is 34.1 Å². The fourth-order valence-corrected chi connectivity index (χ4v) is 5.67. The average molecular weight is 506 g/mol. The number of amides is 1. The molecule has 0 saturated carbocycles. The van der Waals surface area contributed by atoms with Crippen LogP contribution in [0.25, 0.3) is 26.9 Å². The minimum atomic E-state index is -4.43. The van der Waals surface area contributed by atoms with Crippen molar-refractivity contribution in [3.8, 4) is 5.69 Å². The van der Waals surface area contributed by atoms with Gasteiger partial charge in [0.15, 0.2) is 5.65 Å². The van der Waals surface area contributed by atoms with Gasteiger partial charge in [0.25, 0.3) is 5.91 Å². The molecule has 0 spiro atoms. The first-order valence-corrected chi connectivity index (χ1v) is 11.9. The van der Waals surface area contributed by atoms with E-state index in [9.17, 15) is 23.1 Å². The van der Waals surface area contributed by atoms with Gasteiger partial charge in [-0.15, -0.1) is 22.7 Å². The van der Waals surface area contributed by atoms with E-state index < -0.39 is 11.7 Å². The molecule has 0 unspecified atom stereocenters. The minimum absolute atomic E-state index is 0.0927. The number of carbonyl (C=O) groups excluding carboxylic acids is 1. The fraction of sp³-hybridized carbons (Fsp3) is 0.227. The number of nitrogens with zero attached hydrogens (tertiary/aromatic N) is 4. The van der Waals surface area contributed by atoms with E-state index in [2.05, 4.69) is 15.4 Å². The van der Waals surface area contributed by atoms with E-state index in [4.69, 9.17) is 0 Å². The number of thiazole rings is 1. The van der Waals surface area contributed by atoms with E-state index in [-0.39, 0.29) is 18.6 Å². The summed E-state index contributed by atoms with van der Waals surface area (Å²) in [5.74, 6) is -0.302. The zero-order chi connectivity index (χ0) is 24.0. The molecular formula is C22H18F3N5O2S2. The van der Waals surface area contributed by atoms with Crippen molar-refractivity contribution in [1.82, 2.24) is 24.6 Å². The summed E-state index contributed by atoms with van der Waals surface area (Å²) in [6, 6.07) is 6.26. The third-order valence-corrected chi connectivity index (χ3v) is 7.43. The first kappa shape index (κ1) is 22.6. The maximum atomic E-state index is 13.1. The quantitative estimate of drug-likeness (QED) is 0.344. The largest absolute Gasteiger partial charge is 0.416 e. The predicted octanol–water partition coefficient (Wildman–Crippen LogP) is 4.91. The van der Waals surface area contributed by atoms with Crippen molar-refractivity contribution in [1.29, 1.82) is 0 Å². The highest BCUT2D eigenvalue weighted by Gasteiger charge is 2.30. The summed E-state index contributed by atoms with van der Waals surface area (Å²) in [5.41, 5.74) is 2.04. The average Bonchev–Trinajstić information content (AvgIpc) is 3.56. The molecule has 1 aromatic carbocycles. The molecule has 0 saturated heterocycles. The van der Waals surface area contributed by atoms with Crippen LogP contribution in [-0.4, -0.2) is 37.0 Å². The van der Waals surface area contributed by atoms with Crippen LogP contribution in [0.1, 0.15) is 32.6 Å². The number of benzene rings is 1. The Kier molecular flexibility index (Phi) is 5.66. The molecule has 0 aliphatic heterocycles. The molecule has 1 atom stereocenters. The van der Waals surface area contributed by atoms with Gasteiger partial charge in [-0.1, -0.05) is 0 Å². The second-order valence-corrected chi connectivity index (χ2v) is 9.64. The molecule has 0 radical (unpaired) electrons. The summed E-state index contributed by atoms with van der Waals surface area (Å²) in [6.45, 7) is -0.0927. The number of aromatic nitrogens is 4. The van der Waals surface area contributed by atoms with Gasteiger partial charge in [-0.2, -0.15) is 18.3 Å². The first-order valence-electron chi connectivity index (χ1n) is 10.2. The smallest absolute Gasteiger partial charge is 0.396 e. The van der Waals surface area contributed by atoms with Gasteiger partial charge in [0.1, 0.15) is 4.83 Å². The molecule has 0 bridgehead atoms. The topological polar surface area (TPSA) is 85.0 Å². The highest BCUT2D eigenvalue weighted by molar-refractivity contribution is 7.20. The van der Waals surface area contributed by atoms with Crippen molar-refractivity contribution in [3.63, 3.8) is 0 Å².